The number of thioether (sulfide) groups is 1. The second-order valence-electron chi connectivity index (χ2n) is 6.15. The molecule has 1 heterocycles. The summed E-state index contributed by atoms with van der Waals surface area (Å²) in [5.74, 6) is 7.66. The topological polar surface area (TPSA) is 96.1 Å². The van der Waals surface area contributed by atoms with Crippen LogP contribution in [-0.4, -0.2) is 39.2 Å². The summed E-state index contributed by atoms with van der Waals surface area (Å²) in [6.07, 6.45) is 1.99. The van der Waals surface area contributed by atoms with E-state index in [1.54, 1.807) is 11.8 Å². The predicted octanol–water partition coefficient (Wildman–Crippen LogP) is 1.89. The largest absolute Gasteiger partial charge is 0.395 e. The quantitative estimate of drug-likeness (QED) is 0.470. The van der Waals surface area contributed by atoms with E-state index >= 15 is 0 Å². The number of rotatable bonds is 6. The highest BCUT2D eigenvalue weighted by Gasteiger charge is 2.23. The van der Waals surface area contributed by atoms with Gasteiger partial charge in [0.25, 0.3) is 0 Å². The summed E-state index contributed by atoms with van der Waals surface area (Å²) in [6, 6.07) is 0.0806. The third-order valence-corrected chi connectivity index (χ3v) is 4.52. The first-order valence-corrected chi connectivity index (χ1v) is 8.29. The van der Waals surface area contributed by atoms with Crippen molar-refractivity contribution in [3.63, 3.8) is 0 Å². The second-order valence-corrected chi connectivity index (χ2v) is 7.23. The van der Waals surface area contributed by atoms with Gasteiger partial charge < -0.3 is 15.8 Å². The van der Waals surface area contributed by atoms with Crippen LogP contribution in [-0.2, 0) is 5.41 Å². The van der Waals surface area contributed by atoms with Gasteiger partial charge >= 0.3 is 0 Å². The Hall–Kier alpha value is -1.05. The molecule has 5 N–H and O–H groups in total. The molecule has 21 heavy (non-hydrogen) atoms. The Labute approximate surface area is 131 Å². The summed E-state index contributed by atoms with van der Waals surface area (Å²) >= 11 is 1.63. The molecule has 6 nitrogen and oxygen atoms in total. The summed E-state index contributed by atoms with van der Waals surface area (Å²) in [6.45, 7) is 10.2. The lowest BCUT2D eigenvalue weighted by atomic mass is 9.95. The van der Waals surface area contributed by atoms with Crippen LogP contribution >= 0.6 is 11.8 Å². The van der Waals surface area contributed by atoms with Crippen LogP contribution < -0.4 is 16.6 Å². The molecule has 0 radical (unpaired) electrons. The Kier molecular flexibility index (Phi) is 6.24. The van der Waals surface area contributed by atoms with Gasteiger partial charge in [0.1, 0.15) is 17.5 Å². The highest BCUT2D eigenvalue weighted by Crippen LogP contribution is 2.27. The molecule has 0 bridgehead atoms. The lowest BCUT2D eigenvalue weighted by Gasteiger charge is -2.25. The number of nitrogens with two attached hydrogens (primary N) is 1. The van der Waals surface area contributed by atoms with Crippen LogP contribution in [0.4, 0.5) is 11.6 Å². The van der Waals surface area contributed by atoms with Crippen molar-refractivity contribution in [3.05, 3.63) is 11.4 Å². The molecule has 2 unspecified atom stereocenters. The number of anilines is 2. The monoisotopic (exact) mass is 313 g/mol. The number of aliphatic hydroxyl groups excluding tert-OH is 1. The number of hydrogen-bond acceptors (Lipinski definition) is 7. The molecule has 1 rings (SSSR count). The standard InChI is InChI=1S/C14H27N5OS/c1-8-11(16-9(2)10(7-20)21-6)17-13(14(3,4)5)18-12(8)19-15/h9-10,20H,7,15H2,1-6H3,(H2,16,17,18,19). The van der Waals surface area contributed by atoms with E-state index in [4.69, 9.17) is 5.84 Å². The highest BCUT2D eigenvalue weighted by molar-refractivity contribution is 7.99. The van der Waals surface area contributed by atoms with E-state index in [9.17, 15) is 5.11 Å². The lowest BCUT2D eigenvalue weighted by Crippen LogP contribution is -2.32. The fourth-order valence-electron chi connectivity index (χ4n) is 1.88. The van der Waals surface area contributed by atoms with Gasteiger partial charge in [0.2, 0.25) is 0 Å². The summed E-state index contributed by atoms with van der Waals surface area (Å²) in [5.41, 5.74) is 3.33. The van der Waals surface area contributed by atoms with E-state index < -0.39 is 0 Å². The number of hydrazine groups is 1. The molecule has 0 amide bonds. The molecular weight excluding hydrogens is 286 g/mol. The number of nitrogen functional groups attached to an aromatic ring is 1. The number of hydrogen-bond donors (Lipinski definition) is 4. The van der Waals surface area contributed by atoms with Gasteiger partial charge in [-0.3, -0.25) is 0 Å². The van der Waals surface area contributed by atoms with E-state index in [0.717, 1.165) is 17.2 Å². The normalized spacial score (nSPS) is 14.7. The maximum absolute atomic E-state index is 9.40. The van der Waals surface area contributed by atoms with Crippen molar-refractivity contribution in [1.29, 1.82) is 0 Å². The minimum absolute atomic E-state index is 0.0806. The molecular formula is C14H27N5OS. The van der Waals surface area contributed by atoms with Gasteiger partial charge in [-0.2, -0.15) is 11.8 Å². The first-order chi connectivity index (χ1) is 9.74. The predicted molar refractivity (Wildman–Crippen MR) is 90.8 cm³/mol. The molecule has 7 heteroatoms. The van der Waals surface area contributed by atoms with Gasteiger partial charge in [0.15, 0.2) is 0 Å². The minimum atomic E-state index is -0.172. The lowest BCUT2D eigenvalue weighted by molar-refractivity contribution is 0.288. The Morgan fingerprint density at radius 1 is 1.29 bits per heavy atom. The van der Waals surface area contributed by atoms with Gasteiger partial charge in [0.05, 0.1) is 6.61 Å². The molecule has 0 saturated heterocycles. The highest BCUT2D eigenvalue weighted by atomic mass is 32.2. The summed E-state index contributed by atoms with van der Waals surface area (Å²) < 4.78 is 0. The third-order valence-electron chi connectivity index (χ3n) is 3.36. The minimum Gasteiger partial charge on any atom is -0.395 e. The van der Waals surface area contributed by atoms with E-state index in [0.29, 0.717) is 5.82 Å². The number of nitrogens with zero attached hydrogens (tertiary/aromatic N) is 2. The van der Waals surface area contributed by atoms with Crippen LogP contribution in [0.1, 0.15) is 39.1 Å². The summed E-state index contributed by atoms with van der Waals surface area (Å²) in [4.78, 5) is 9.11. The molecule has 0 aliphatic carbocycles. The third kappa shape index (κ3) is 4.46. The van der Waals surface area contributed by atoms with Crippen molar-refractivity contribution in [3.8, 4) is 0 Å². The average molecular weight is 313 g/mol. The Bertz CT molecular complexity index is 471. The Morgan fingerprint density at radius 2 is 1.86 bits per heavy atom. The number of nitrogens with one attached hydrogen (secondary N) is 2. The summed E-state index contributed by atoms with van der Waals surface area (Å²) in [5, 5.41) is 12.9. The molecule has 1 aromatic rings. The smallest absolute Gasteiger partial charge is 0.148 e. The number of aromatic nitrogens is 2. The van der Waals surface area contributed by atoms with Gasteiger partial charge in [-0.05, 0) is 20.1 Å². The molecule has 0 aromatic carbocycles. The van der Waals surface area contributed by atoms with E-state index in [1.807, 2.05) is 20.1 Å². The van der Waals surface area contributed by atoms with Crippen LogP contribution in [0.25, 0.3) is 0 Å². The zero-order valence-corrected chi connectivity index (χ0v) is 14.5. The van der Waals surface area contributed by atoms with Crippen molar-refractivity contribution in [1.82, 2.24) is 9.97 Å². The maximum atomic E-state index is 9.40. The van der Waals surface area contributed by atoms with Crippen molar-refractivity contribution in [2.24, 2.45) is 5.84 Å². The van der Waals surface area contributed by atoms with Gasteiger partial charge in [-0.15, -0.1) is 0 Å². The number of aliphatic hydroxyl groups is 1. The molecule has 0 fully saturated rings. The molecule has 0 aliphatic heterocycles. The average Bonchev–Trinajstić information content (AvgIpc) is 2.41. The fourth-order valence-corrected chi connectivity index (χ4v) is 2.50. The van der Waals surface area contributed by atoms with Gasteiger partial charge in [-0.1, -0.05) is 20.8 Å². The van der Waals surface area contributed by atoms with Crippen LogP contribution in [0.2, 0.25) is 0 Å². The van der Waals surface area contributed by atoms with Crippen molar-refractivity contribution in [2.45, 2.75) is 51.3 Å². The van der Waals surface area contributed by atoms with E-state index in [2.05, 4.69) is 41.5 Å². The van der Waals surface area contributed by atoms with Crippen LogP contribution in [0, 0.1) is 6.92 Å². The SMILES string of the molecule is CSC(CO)C(C)Nc1nc(C(C)(C)C)nc(NN)c1C. The maximum Gasteiger partial charge on any atom is 0.148 e. The van der Waals surface area contributed by atoms with Crippen LogP contribution in [0.15, 0.2) is 0 Å². The molecule has 1 aromatic heterocycles. The first kappa shape index (κ1) is 18.0. The van der Waals surface area contributed by atoms with Crippen LogP contribution in [0.3, 0.4) is 0 Å². The van der Waals surface area contributed by atoms with Gasteiger partial charge in [0, 0.05) is 22.3 Å². The van der Waals surface area contributed by atoms with Gasteiger partial charge in [-0.25, -0.2) is 15.8 Å². The second kappa shape index (κ2) is 7.29. The zero-order valence-electron chi connectivity index (χ0n) is 13.7. The van der Waals surface area contributed by atoms with Crippen molar-refractivity contribution >= 4 is 23.4 Å². The van der Waals surface area contributed by atoms with E-state index in [-0.39, 0.29) is 23.3 Å². The van der Waals surface area contributed by atoms with E-state index in [1.165, 1.54) is 0 Å². The first-order valence-electron chi connectivity index (χ1n) is 7.00. The Morgan fingerprint density at radius 3 is 2.29 bits per heavy atom. The fraction of sp³-hybridized carbons (Fsp3) is 0.714. The zero-order chi connectivity index (χ0) is 16.2. The Balaban J connectivity index is 3.16. The molecule has 0 spiro atoms. The van der Waals surface area contributed by atoms with Crippen molar-refractivity contribution in [2.75, 3.05) is 23.6 Å². The molecule has 0 aliphatic rings. The van der Waals surface area contributed by atoms with Crippen LogP contribution in [0.5, 0.6) is 0 Å². The molecule has 2 atom stereocenters. The molecule has 120 valence electrons. The molecule has 0 saturated carbocycles. The van der Waals surface area contributed by atoms with Crippen molar-refractivity contribution < 1.29 is 5.11 Å². The summed E-state index contributed by atoms with van der Waals surface area (Å²) in [7, 11) is 0.